The summed E-state index contributed by atoms with van der Waals surface area (Å²) in [7, 11) is 0. The van der Waals surface area contributed by atoms with E-state index in [1.54, 1.807) is 0 Å². The monoisotopic (exact) mass is 416 g/mol. The van der Waals surface area contributed by atoms with Crippen LogP contribution >= 0.6 is 31.9 Å². The summed E-state index contributed by atoms with van der Waals surface area (Å²) in [4.78, 5) is 22.3. The van der Waals surface area contributed by atoms with Crippen LogP contribution in [0.1, 0.15) is 10.4 Å². The van der Waals surface area contributed by atoms with Gasteiger partial charge >= 0.3 is 0 Å². The van der Waals surface area contributed by atoms with E-state index in [9.17, 15) is 19.3 Å². The highest BCUT2D eigenvalue weighted by molar-refractivity contribution is 9.10. The average molecular weight is 418 g/mol. The molecule has 0 bridgehead atoms. The second-order valence-electron chi connectivity index (χ2n) is 4.01. The number of benzene rings is 2. The molecule has 0 aliphatic carbocycles. The van der Waals surface area contributed by atoms with Gasteiger partial charge in [-0.25, -0.2) is 4.39 Å². The molecule has 0 aliphatic rings. The van der Waals surface area contributed by atoms with Gasteiger partial charge in [-0.05, 0) is 62.2 Å². The maximum absolute atomic E-state index is 13.1. The normalized spacial score (nSPS) is 10.2. The minimum absolute atomic E-state index is 0.159. The molecular weight excluding hydrogens is 411 g/mol. The van der Waals surface area contributed by atoms with Gasteiger partial charge in [-0.3, -0.25) is 14.9 Å². The number of hydrogen-bond acceptors (Lipinski definition) is 3. The van der Waals surface area contributed by atoms with Gasteiger partial charge in [0, 0.05) is 17.3 Å². The third-order valence-corrected chi connectivity index (χ3v) is 3.86. The molecule has 0 spiro atoms. The average Bonchev–Trinajstić information content (AvgIpc) is 2.43. The molecule has 5 nitrogen and oxygen atoms in total. The van der Waals surface area contributed by atoms with Crippen molar-refractivity contribution in [2.24, 2.45) is 0 Å². The van der Waals surface area contributed by atoms with Gasteiger partial charge in [0.2, 0.25) is 0 Å². The van der Waals surface area contributed by atoms with Crippen LogP contribution in [0, 0.1) is 15.9 Å². The van der Waals surface area contributed by atoms with Crippen LogP contribution in [0.3, 0.4) is 0 Å². The molecule has 21 heavy (non-hydrogen) atoms. The number of hydrogen-bond donors (Lipinski definition) is 1. The van der Waals surface area contributed by atoms with E-state index in [0.717, 1.165) is 6.07 Å². The van der Waals surface area contributed by atoms with Crippen LogP contribution in [0.15, 0.2) is 45.3 Å². The van der Waals surface area contributed by atoms with Gasteiger partial charge in [0.25, 0.3) is 11.6 Å². The Labute approximate surface area is 135 Å². The van der Waals surface area contributed by atoms with E-state index in [1.165, 1.54) is 30.3 Å². The van der Waals surface area contributed by atoms with Gasteiger partial charge in [0.05, 0.1) is 13.9 Å². The number of anilines is 1. The zero-order chi connectivity index (χ0) is 15.6. The lowest BCUT2D eigenvalue weighted by Crippen LogP contribution is -2.12. The number of nitrogens with one attached hydrogen (secondary N) is 1. The quantitative estimate of drug-likeness (QED) is 0.589. The van der Waals surface area contributed by atoms with Crippen molar-refractivity contribution in [3.63, 3.8) is 0 Å². The number of halogens is 3. The van der Waals surface area contributed by atoms with Crippen LogP contribution in [0.5, 0.6) is 0 Å². The fourth-order valence-corrected chi connectivity index (χ4v) is 2.34. The number of amides is 1. The molecule has 1 amide bonds. The van der Waals surface area contributed by atoms with Crippen molar-refractivity contribution in [3.05, 3.63) is 66.8 Å². The first kappa shape index (κ1) is 15.6. The molecule has 0 heterocycles. The van der Waals surface area contributed by atoms with Gasteiger partial charge < -0.3 is 5.32 Å². The van der Waals surface area contributed by atoms with E-state index in [1.807, 2.05) is 0 Å². The van der Waals surface area contributed by atoms with E-state index in [0.29, 0.717) is 4.47 Å². The minimum atomic E-state index is -0.561. The van der Waals surface area contributed by atoms with Crippen molar-refractivity contribution < 1.29 is 14.1 Å². The predicted molar refractivity (Wildman–Crippen MR) is 82.8 cm³/mol. The summed E-state index contributed by atoms with van der Waals surface area (Å²) in [6.07, 6.45) is 0. The lowest BCUT2D eigenvalue weighted by molar-refractivity contribution is -0.385. The number of nitro groups is 1. The van der Waals surface area contributed by atoms with Gasteiger partial charge in [0.15, 0.2) is 0 Å². The van der Waals surface area contributed by atoms with Crippen molar-refractivity contribution in [2.75, 3.05) is 5.32 Å². The predicted octanol–water partition coefficient (Wildman–Crippen LogP) is 4.51. The van der Waals surface area contributed by atoms with E-state index in [-0.39, 0.29) is 21.4 Å². The highest BCUT2D eigenvalue weighted by atomic mass is 79.9. The molecule has 0 saturated carbocycles. The third kappa shape index (κ3) is 3.64. The summed E-state index contributed by atoms with van der Waals surface area (Å²) in [6.45, 7) is 0. The molecule has 2 aromatic rings. The summed E-state index contributed by atoms with van der Waals surface area (Å²) in [5, 5.41) is 13.3. The van der Waals surface area contributed by atoms with E-state index >= 15 is 0 Å². The molecule has 8 heteroatoms. The topological polar surface area (TPSA) is 72.2 Å². The van der Waals surface area contributed by atoms with E-state index in [4.69, 9.17) is 0 Å². The molecule has 0 aromatic heterocycles. The van der Waals surface area contributed by atoms with Crippen LogP contribution in [-0.4, -0.2) is 10.8 Å². The molecule has 0 saturated heterocycles. The Bertz CT molecular complexity index is 737. The number of carbonyl (C=O) groups is 1. The highest BCUT2D eigenvalue weighted by Crippen LogP contribution is 2.28. The SMILES string of the molecule is O=C(Nc1ccc(Br)c([N+](=O)[O-])c1)c1ccc(F)c(Br)c1. The van der Waals surface area contributed by atoms with Crippen molar-refractivity contribution in [3.8, 4) is 0 Å². The fraction of sp³-hybridized carbons (Fsp3) is 0. The highest BCUT2D eigenvalue weighted by Gasteiger charge is 2.14. The van der Waals surface area contributed by atoms with Gasteiger partial charge in [-0.15, -0.1) is 0 Å². The smallest absolute Gasteiger partial charge is 0.285 e. The Morgan fingerprint density at radius 3 is 2.48 bits per heavy atom. The van der Waals surface area contributed by atoms with Crippen LogP contribution < -0.4 is 5.32 Å². The summed E-state index contributed by atoms with van der Waals surface area (Å²) in [5.41, 5.74) is 0.345. The second kappa shape index (κ2) is 6.31. The fourth-order valence-electron chi connectivity index (χ4n) is 1.57. The van der Waals surface area contributed by atoms with Crippen LogP contribution in [0.25, 0.3) is 0 Å². The molecule has 0 unspecified atom stereocenters. The third-order valence-electron chi connectivity index (χ3n) is 2.58. The number of rotatable bonds is 3. The summed E-state index contributed by atoms with van der Waals surface area (Å²) >= 11 is 6.05. The van der Waals surface area contributed by atoms with E-state index in [2.05, 4.69) is 37.2 Å². The van der Waals surface area contributed by atoms with Crippen LogP contribution in [-0.2, 0) is 0 Å². The number of carbonyl (C=O) groups excluding carboxylic acids is 1. The van der Waals surface area contributed by atoms with Gasteiger partial charge in [-0.2, -0.15) is 0 Å². The zero-order valence-corrected chi connectivity index (χ0v) is 13.4. The van der Waals surface area contributed by atoms with Crippen LogP contribution in [0.2, 0.25) is 0 Å². The second-order valence-corrected chi connectivity index (χ2v) is 5.71. The summed E-state index contributed by atoms with van der Waals surface area (Å²) in [6, 6.07) is 8.03. The standard InChI is InChI=1S/C13H7Br2FN2O3/c14-9-3-2-8(6-12(9)18(20)21)17-13(19)7-1-4-11(16)10(15)5-7/h1-6H,(H,17,19). The molecule has 0 atom stereocenters. The number of nitro benzene ring substituents is 1. The molecule has 0 fully saturated rings. The maximum atomic E-state index is 13.1. The first-order valence-electron chi connectivity index (χ1n) is 5.59. The van der Waals surface area contributed by atoms with Crippen molar-refractivity contribution in [2.45, 2.75) is 0 Å². The first-order chi connectivity index (χ1) is 9.88. The lowest BCUT2D eigenvalue weighted by Gasteiger charge is -2.06. The first-order valence-corrected chi connectivity index (χ1v) is 7.17. The Kier molecular flexibility index (Phi) is 4.69. The van der Waals surface area contributed by atoms with Crippen molar-refractivity contribution in [1.82, 2.24) is 0 Å². The molecule has 0 aliphatic heterocycles. The largest absolute Gasteiger partial charge is 0.322 e. The zero-order valence-electron chi connectivity index (χ0n) is 10.3. The Balaban J connectivity index is 2.25. The molecule has 2 aromatic carbocycles. The van der Waals surface area contributed by atoms with Crippen LogP contribution in [0.4, 0.5) is 15.8 Å². The Hall–Kier alpha value is -1.80. The molecule has 1 N–H and O–H groups in total. The molecule has 2 rings (SSSR count). The molecule has 0 radical (unpaired) electrons. The minimum Gasteiger partial charge on any atom is -0.322 e. The van der Waals surface area contributed by atoms with Gasteiger partial charge in [0.1, 0.15) is 5.82 Å². The number of nitrogens with zero attached hydrogens (tertiary/aromatic N) is 1. The summed E-state index contributed by atoms with van der Waals surface area (Å²) < 4.78 is 13.6. The summed E-state index contributed by atoms with van der Waals surface area (Å²) in [5.74, 6) is -0.974. The lowest BCUT2D eigenvalue weighted by atomic mass is 10.2. The maximum Gasteiger partial charge on any atom is 0.285 e. The molecular formula is C13H7Br2FN2O3. The van der Waals surface area contributed by atoms with Crippen molar-refractivity contribution >= 4 is 49.1 Å². The van der Waals surface area contributed by atoms with E-state index < -0.39 is 16.6 Å². The van der Waals surface area contributed by atoms with Gasteiger partial charge in [-0.1, -0.05) is 0 Å². The Morgan fingerprint density at radius 2 is 1.86 bits per heavy atom. The van der Waals surface area contributed by atoms with Crippen molar-refractivity contribution in [1.29, 1.82) is 0 Å². The Morgan fingerprint density at radius 1 is 1.14 bits per heavy atom. The molecule has 108 valence electrons.